The lowest BCUT2D eigenvalue weighted by Gasteiger charge is -2.46. The van der Waals surface area contributed by atoms with Crippen LogP contribution in [-0.2, 0) is 9.22 Å². The molecule has 0 unspecified atom stereocenters. The molecule has 2 aromatic rings. The van der Waals surface area contributed by atoms with Gasteiger partial charge in [-0.15, -0.1) is 0 Å². The number of carbonyl (C=O) groups excluding carboxylic acids is 1. The Balaban J connectivity index is 1.83. The number of benzene rings is 2. The molecule has 5 nitrogen and oxygen atoms in total. The van der Waals surface area contributed by atoms with Gasteiger partial charge in [-0.05, 0) is 15.4 Å². The van der Waals surface area contributed by atoms with Gasteiger partial charge in [-0.2, -0.15) is 0 Å². The van der Waals surface area contributed by atoms with Gasteiger partial charge in [-0.3, -0.25) is 4.79 Å². The summed E-state index contributed by atoms with van der Waals surface area (Å²) in [4.78, 5) is 14.2. The minimum absolute atomic E-state index is 0.00546. The predicted octanol–water partition coefficient (Wildman–Crippen LogP) is 2.12. The number of carbonyl (C=O) groups is 1. The van der Waals surface area contributed by atoms with Crippen LogP contribution in [0.2, 0.25) is 10.9 Å². The fourth-order valence-electron chi connectivity index (χ4n) is 5.75. The Kier molecular flexibility index (Phi) is 6.09. The van der Waals surface area contributed by atoms with Crippen LogP contribution in [0.15, 0.2) is 60.7 Å². The van der Waals surface area contributed by atoms with Crippen LogP contribution in [-0.4, -0.2) is 61.2 Å². The molecular formula is C24H31BFNO4Si. The highest BCUT2D eigenvalue weighted by Crippen LogP contribution is 2.50. The quantitative estimate of drug-likeness (QED) is 0.655. The molecule has 4 rings (SSSR count). The van der Waals surface area contributed by atoms with E-state index in [1.54, 1.807) is 0 Å². The lowest BCUT2D eigenvalue weighted by molar-refractivity contribution is -0.130. The van der Waals surface area contributed by atoms with Gasteiger partial charge in [0.05, 0.1) is 18.7 Å². The van der Waals surface area contributed by atoms with Crippen molar-refractivity contribution in [1.29, 1.82) is 0 Å². The molecule has 2 saturated heterocycles. The third-order valence-electron chi connectivity index (χ3n) is 7.19. The summed E-state index contributed by atoms with van der Waals surface area (Å²) in [6.07, 6.45) is -1.16. The standard InChI is InChI=1S/C24H31BFNO4Si/c1-23(2,3)32(19-10-6-4-7-11-19,20-12-8-5-9-13-20)31-17-24-15-18(26)16-27(24)22(28)14-21(24)25(29)30/h4-13,18,21,29-30H,14-17H2,1-3H3/t18-,21+,24+/m1/s1. The molecule has 2 fully saturated rings. The minimum atomic E-state index is -2.91. The molecule has 3 atom stereocenters. The van der Waals surface area contributed by atoms with Crippen molar-refractivity contribution in [3.63, 3.8) is 0 Å². The van der Waals surface area contributed by atoms with Crippen LogP contribution in [0, 0.1) is 0 Å². The van der Waals surface area contributed by atoms with Gasteiger partial charge in [0.15, 0.2) is 0 Å². The maximum Gasteiger partial charge on any atom is 0.457 e. The van der Waals surface area contributed by atoms with Crippen LogP contribution in [0.3, 0.4) is 0 Å². The Morgan fingerprint density at radius 3 is 2.09 bits per heavy atom. The second-order valence-electron chi connectivity index (χ2n) is 10.1. The summed E-state index contributed by atoms with van der Waals surface area (Å²) in [6.45, 7) is 6.50. The molecule has 2 aliphatic rings. The molecule has 0 bridgehead atoms. The first-order valence-electron chi connectivity index (χ1n) is 11.2. The molecule has 0 aliphatic carbocycles. The highest BCUT2D eigenvalue weighted by atomic mass is 28.4. The lowest BCUT2D eigenvalue weighted by Crippen LogP contribution is -2.68. The highest BCUT2D eigenvalue weighted by molar-refractivity contribution is 6.99. The Bertz CT molecular complexity index is 916. The van der Waals surface area contributed by atoms with E-state index in [1.165, 1.54) is 4.90 Å². The fourth-order valence-corrected chi connectivity index (χ4v) is 10.4. The molecule has 1 amide bonds. The molecule has 32 heavy (non-hydrogen) atoms. The van der Waals surface area contributed by atoms with E-state index in [0.29, 0.717) is 0 Å². The van der Waals surface area contributed by atoms with Gasteiger partial charge in [0, 0.05) is 18.7 Å². The normalized spacial score (nSPS) is 25.8. The number of rotatable bonds is 6. The van der Waals surface area contributed by atoms with E-state index in [2.05, 4.69) is 45.0 Å². The monoisotopic (exact) mass is 455 g/mol. The Morgan fingerprint density at radius 1 is 1.09 bits per heavy atom. The zero-order valence-electron chi connectivity index (χ0n) is 18.9. The third-order valence-corrected chi connectivity index (χ3v) is 12.2. The molecule has 2 heterocycles. The summed E-state index contributed by atoms with van der Waals surface area (Å²) in [7, 11) is -4.63. The van der Waals surface area contributed by atoms with Crippen molar-refractivity contribution in [3.05, 3.63) is 60.7 Å². The van der Waals surface area contributed by atoms with Crippen LogP contribution in [0.4, 0.5) is 4.39 Å². The molecule has 0 saturated carbocycles. The third kappa shape index (κ3) is 3.63. The van der Waals surface area contributed by atoms with Crippen molar-refractivity contribution < 1.29 is 23.7 Å². The number of nitrogens with zero attached hydrogens (tertiary/aromatic N) is 1. The average Bonchev–Trinajstić information content (AvgIpc) is 3.22. The zero-order chi connectivity index (χ0) is 23.1. The molecule has 170 valence electrons. The second kappa shape index (κ2) is 8.41. The maximum absolute atomic E-state index is 14.6. The fraction of sp³-hybridized carbons (Fsp3) is 0.458. The smallest absolute Gasteiger partial charge is 0.427 e. The van der Waals surface area contributed by atoms with Crippen LogP contribution >= 0.6 is 0 Å². The lowest BCUT2D eigenvalue weighted by atomic mass is 9.61. The van der Waals surface area contributed by atoms with Crippen molar-refractivity contribution in [2.75, 3.05) is 13.2 Å². The Hall–Kier alpha value is -2.00. The number of hydrogen-bond donors (Lipinski definition) is 2. The van der Waals surface area contributed by atoms with E-state index < -0.39 is 33.0 Å². The van der Waals surface area contributed by atoms with Gasteiger partial charge in [-0.25, -0.2) is 4.39 Å². The van der Waals surface area contributed by atoms with E-state index in [1.807, 2.05) is 36.4 Å². The first-order valence-corrected chi connectivity index (χ1v) is 13.1. The van der Waals surface area contributed by atoms with E-state index in [4.69, 9.17) is 4.43 Å². The minimum Gasteiger partial charge on any atom is -0.427 e. The van der Waals surface area contributed by atoms with Gasteiger partial charge in [0.2, 0.25) is 5.91 Å². The molecule has 2 aromatic carbocycles. The number of halogens is 1. The summed E-state index contributed by atoms with van der Waals surface area (Å²) in [6, 6.07) is 20.2. The summed E-state index contributed by atoms with van der Waals surface area (Å²) in [5.41, 5.74) is -1.06. The molecule has 2 aliphatic heterocycles. The van der Waals surface area contributed by atoms with E-state index in [9.17, 15) is 19.2 Å². The van der Waals surface area contributed by atoms with Gasteiger partial charge >= 0.3 is 7.12 Å². The molecule has 0 radical (unpaired) electrons. The number of amides is 1. The molecule has 2 N–H and O–H groups in total. The van der Waals surface area contributed by atoms with Crippen molar-refractivity contribution in [2.24, 2.45) is 0 Å². The molecule has 0 spiro atoms. The molecule has 0 aromatic heterocycles. The Morgan fingerprint density at radius 2 is 1.62 bits per heavy atom. The second-order valence-corrected chi connectivity index (χ2v) is 14.4. The average molecular weight is 455 g/mol. The van der Waals surface area contributed by atoms with Gasteiger partial charge in [-0.1, -0.05) is 81.4 Å². The molecular weight excluding hydrogens is 424 g/mol. The number of alkyl halides is 1. The topological polar surface area (TPSA) is 70.0 Å². The van der Waals surface area contributed by atoms with Crippen molar-refractivity contribution in [3.8, 4) is 0 Å². The van der Waals surface area contributed by atoms with Crippen molar-refractivity contribution in [1.82, 2.24) is 4.90 Å². The van der Waals surface area contributed by atoms with Gasteiger partial charge < -0.3 is 19.4 Å². The Labute approximate surface area is 190 Å². The first-order chi connectivity index (χ1) is 15.1. The van der Waals surface area contributed by atoms with Crippen LogP contribution in [0.5, 0.6) is 0 Å². The zero-order valence-corrected chi connectivity index (χ0v) is 19.9. The van der Waals surface area contributed by atoms with Crippen LogP contribution < -0.4 is 10.4 Å². The molecule has 8 heteroatoms. The van der Waals surface area contributed by atoms with Crippen molar-refractivity contribution in [2.45, 2.75) is 56.2 Å². The van der Waals surface area contributed by atoms with Gasteiger partial charge in [0.1, 0.15) is 6.17 Å². The largest absolute Gasteiger partial charge is 0.457 e. The van der Waals surface area contributed by atoms with E-state index in [-0.39, 0.29) is 36.9 Å². The van der Waals surface area contributed by atoms with Crippen LogP contribution in [0.25, 0.3) is 0 Å². The van der Waals surface area contributed by atoms with Gasteiger partial charge in [0.25, 0.3) is 8.32 Å². The SMILES string of the molecule is CC(C)(C)[Si](OC[C@]12C[C@@H](F)CN1C(=O)C[C@@H]2B(O)O)(c1ccccc1)c1ccccc1. The highest BCUT2D eigenvalue weighted by Gasteiger charge is 2.63. The van der Waals surface area contributed by atoms with E-state index in [0.717, 1.165) is 10.4 Å². The predicted molar refractivity (Wildman–Crippen MR) is 126 cm³/mol. The number of fused-ring (bicyclic) bond motifs is 1. The summed E-state index contributed by atoms with van der Waals surface area (Å²) in [5, 5.41) is 22.1. The summed E-state index contributed by atoms with van der Waals surface area (Å²) < 4.78 is 21.6. The van der Waals surface area contributed by atoms with E-state index >= 15 is 0 Å². The number of hydrogen-bond acceptors (Lipinski definition) is 4. The summed E-state index contributed by atoms with van der Waals surface area (Å²) >= 11 is 0. The maximum atomic E-state index is 14.6. The van der Waals surface area contributed by atoms with Crippen molar-refractivity contribution >= 4 is 31.7 Å². The first kappa shape index (κ1) is 23.2. The summed E-state index contributed by atoms with van der Waals surface area (Å²) in [5.74, 6) is -1.02. The van der Waals surface area contributed by atoms with Crippen LogP contribution in [0.1, 0.15) is 33.6 Å².